The van der Waals surface area contributed by atoms with Gasteiger partial charge in [0.1, 0.15) is 11.6 Å². The second kappa shape index (κ2) is 5.80. The average Bonchev–Trinajstić information content (AvgIpc) is 2.56. The number of aromatic nitrogens is 4. The highest BCUT2D eigenvalue weighted by Gasteiger charge is 2.23. The van der Waals surface area contributed by atoms with Gasteiger partial charge in [0.15, 0.2) is 5.82 Å². The third-order valence-electron chi connectivity index (χ3n) is 4.29. The summed E-state index contributed by atoms with van der Waals surface area (Å²) in [5.41, 5.74) is 3.90. The van der Waals surface area contributed by atoms with Crippen LogP contribution in [0.5, 0.6) is 0 Å². The van der Waals surface area contributed by atoms with Crippen LogP contribution in [-0.4, -0.2) is 26.5 Å². The molecule has 7 heteroatoms. The molecule has 3 heterocycles. The van der Waals surface area contributed by atoms with Crippen LogP contribution in [0.3, 0.4) is 0 Å². The van der Waals surface area contributed by atoms with E-state index in [4.69, 9.17) is 0 Å². The monoisotopic (exact) mass is 310 g/mol. The fourth-order valence-corrected chi connectivity index (χ4v) is 2.80. The van der Waals surface area contributed by atoms with Crippen LogP contribution in [-0.2, 0) is 19.5 Å². The van der Waals surface area contributed by atoms with Crippen molar-refractivity contribution in [3.8, 4) is 6.07 Å². The van der Waals surface area contributed by atoms with Crippen LogP contribution in [0.25, 0.3) is 0 Å². The van der Waals surface area contributed by atoms with Crippen molar-refractivity contribution < 1.29 is 0 Å². The standard InChI is InChI=1S/C16H18N6O/c1-4-22-15(23)7-12-9-21(6-5-14(12)20-22)16-13(8-17)10(2)11(3)18-19-16/h7H,4-6,9H2,1-3H3. The van der Waals surface area contributed by atoms with Crippen molar-refractivity contribution in [1.82, 2.24) is 20.0 Å². The van der Waals surface area contributed by atoms with E-state index in [0.717, 1.165) is 28.9 Å². The zero-order chi connectivity index (χ0) is 16.6. The van der Waals surface area contributed by atoms with E-state index in [1.54, 1.807) is 6.07 Å². The van der Waals surface area contributed by atoms with Gasteiger partial charge in [0.2, 0.25) is 0 Å². The summed E-state index contributed by atoms with van der Waals surface area (Å²) < 4.78 is 1.48. The maximum Gasteiger partial charge on any atom is 0.267 e. The number of nitriles is 1. The molecule has 0 spiro atoms. The molecule has 0 N–H and O–H groups in total. The Balaban J connectivity index is 2.00. The molecule has 7 nitrogen and oxygen atoms in total. The molecule has 0 amide bonds. The van der Waals surface area contributed by atoms with Crippen LogP contribution in [0.15, 0.2) is 10.9 Å². The van der Waals surface area contributed by atoms with Crippen molar-refractivity contribution in [2.45, 2.75) is 40.3 Å². The van der Waals surface area contributed by atoms with Crippen molar-refractivity contribution in [2.75, 3.05) is 11.4 Å². The molecule has 118 valence electrons. The molecule has 2 aromatic heterocycles. The summed E-state index contributed by atoms with van der Waals surface area (Å²) in [6.45, 7) is 7.42. The Morgan fingerprint density at radius 1 is 1.35 bits per heavy atom. The van der Waals surface area contributed by atoms with Crippen molar-refractivity contribution in [1.29, 1.82) is 5.26 Å². The molecule has 1 aliphatic heterocycles. The third-order valence-corrected chi connectivity index (χ3v) is 4.29. The molecule has 23 heavy (non-hydrogen) atoms. The lowest BCUT2D eigenvalue weighted by molar-refractivity contribution is 0.571. The predicted molar refractivity (Wildman–Crippen MR) is 85.1 cm³/mol. The maximum absolute atomic E-state index is 12.0. The fraction of sp³-hybridized carbons (Fsp3) is 0.438. The highest BCUT2D eigenvalue weighted by molar-refractivity contribution is 5.58. The molecule has 2 aromatic rings. The van der Waals surface area contributed by atoms with Crippen LogP contribution < -0.4 is 10.5 Å². The zero-order valence-electron chi connectivity index (χ0n) is 13.5. The molecule has 0 unspecified atom stereocenters. The second-order valence-corrected chi connectivity index (χ2v) is 5.66. The molecule has 1 aliphatic rings. The van der Waals surface area contributed by atoms with E-state index in [1.807, 2.05) is 25.7 Å². The average molecular weight is 310 g/mol. The summed E-state index contributed by atoms with van der Waals surface area (Å²) in [7, 11) is 0. The lowest BCUT2D eigenvalue weighted by Crippen LogP contribution is -2.36. The van der Waals surface area contributed by atoms with Gasteiger partial charge in [0.25, 0.3) is 5.56 Å². The molecule has 0 radical (unpaired) electrons. The minimum atomic E-state index is -0.0974. The summed E-state index contributed by atoms with van der Waals surface area (Å²) in [5, 5.41) is 22.2. The van der Waals surface area contributed by atoms with Gasteiger partial charge in [-0.2, -0.15) is 15.5 Å². The molecule has 0 saturated heterocycles. The first kappa shape index (κ1) is 15.2. The summed E-state index contributed by atoms with van der Waals surface area (Å²) in [6, 6.07) is 3.87. The number of nitrogens with zero attached hydrogens (tertiary/aromatic N) is 6. The third kappa shape index (κ3) is 2.57. The van der Waals surface area contributed by atoms with Crippen LogP contribution >= 0.6 is 0 Å². The van der Waals surface area contributed by atoms with Crippen LogP contribution in [0.1, 0.15) is 35.0 Å². The highest BCUT2D eigenvalue weighted by Crippen LogP contribution is 2.26. The van der Waals surface area contributed by atoms with Crippen molar-refractivity contribution in [3.05, 3.63) is 44.5 Å². The Hall–Kier alpha value is -2.75. The minimum absolute atomic E-state index is 0.0974. The van der Waals surface area contributed by atoms with Gasteiger partial charge in [-0.1, -0.05) is 0 Å². The Morgan fingerprint density at radius 2 is 2.13 bits per heavy atom. The zero-order valence-corrected chi connectivity index (χ0v) is 13.5. The summed E-state index contributed by atoms with van der Waals surface area (Å²) in [5.74, 6) is 0.584. The van der Waals surface area contributed by atoms with Gasteiger partial charge in [-0.3, -0.25) is 4.79 Å². The van der Waals surface area contributed by atoms with E-state index < -0.39 is 0 Å². The molecule has 0 atom stereocenters. The van der Waals surface area contributed by atoms with Crippen molar-refractivity contribution in [3.63, 3.8) is 0 Å². The quantitative estimate of drug-likeness (QED) is 0.825. The van der Waals surface area contributed by atoms with Crippen LogP contribution in [0, 0.1) is 25.2 Å². The number of hydrogen-bond acceptors (Lipinski definition) is 6. The van der Waals surface area contributed by atoms with Gasteiger partial charge >= 0.3 is 0 Å². The van der Waals surface area contributed by atoms with E-state index >= 15 is 0 Å². The van der Waals surface area contributed by atoms with Gasteiger partial charge in [0, 0.05) is 37.7 Å². The van der Waals surface area contributed by atoms with E-state index in [2.05, 4.69) is 21.4 Å². The molecule has 0 aromatic carbocycles. The largest absolute Gasteiger partial charge is 0.349 e. The lowest BCUT2D eigenvalue weighted by atomic mass is 10.0. The molecule has 0 aliphatic carbocycles. The molecule has 3 rings (SSSR count). The first-order chi connectivity index (χ1) is 11.0. The number of hydrogen-bond donors (Lipinski definition) is 0. The Kier molecular flexibility index (Phi) is 3.82. The first-order valence-corrected chi connectivity index (χ1v) is 7.64. The van der Waals surface area contributed by atoms with E-state index in [9.17, 15) is 10.1 Å². The van der Waals surface area contributed by atoms with E-state index in [-0.39, 0.29) is 5.56 Å². The first-order valence-electron chi connectivity index (χ1n) is 7.64. The van der Waals surface area contributed by atoms with E-state index in [0.29, 0.717) is 31.0 Å². The van der Waals surface area contributed by atoms with Gasteiger partial charge in [-0.05, 0) is 26.3 Å². The summed E-state index contributed by atoms with van der Waals surface area (Å²) in [4.78, 5) is 14.0. The molecule has 0 saturated carbocycles. The SMILES string of the molecule is CCn1nc2c(cc1=O)CN(c1nnc(C)c(C)c1C#N)CC2. The van der Waals surface area contributed by atoms with Crippen LogP contribution in [0.2, 0.25) is 0 Å². The normalized spacial score (nSPS) is 13.6. The number of rotatable bonds is 2. The van der Waals surface area contributed by atoms with Crippen molar-refractivity contribution >= 4 is 5.82 Å². The molecular formula is C16H18N6O. The Bertz CT molecular complexity index is 864. The Labute approximate surface area is 134 Å². The number of fused-ring (bicyclic) bond motifs is 1. The van der Waals surface area contributed by atoms with Crippen LogP contribution in [0.4, 0.5) is 5.82 Å². The molecule has 0 fully saturated rings. The number of anilines is 1. The van der Waals surface area contributed by atoms with Crippen molar-refractivity contribution in [2.24, 2.45) is 0 Å². The van der Waals surface area contributed by atoms with Gasteiger partial charge in [0.05, 0.1) is 11.4 Å². The lowest BCUT2D eigenvalue weighted by Gasteiger charge is -2.29. The van der Waals surface area contributed by atoms with Gasteiger partial charge in [-0.15, -0.1) is 5.10 Å². The van der Waals surface area contributed by atoms with Gasteiger partial charge in [-0.25, -0.2) is 4.68 Å². The second-order valence-electron chi connectivity index (χ2n) is 5.66. The summed E-state index contributed by atoms with van der Waals surface area (Å²) >= 11 is 0. The van der Waals surface area contributed by atoms with Gasteiger partial charge < -0.3 is 4.90 Å². The smallest absolute Gasteiger partial charge is 0.267 e. The molecule has 0 bridgehead atoms. The fourth-order valence-electron chi connectivity index (χ4n) is 2.80. The van der Waals surface area contributed by atoms with E-state index in [1.165, 1.54) is 4.68 Å². The minimum Gasteiger partial charge on any atom is -0.349 e. The number of aryl methyl sites for hydroxylation is 2. The summed E-state index contributed by atoms with van der Waals surface area (Å²) in [6.07, 6.45) is 0.717. The highest BCUT2D eigenvalue weighted by atomic mass is 16.1. The maximum atomic E-state index is 12.0. The Morgan fingerprint density at radius 3 is 2.83 bits per heavy atom. The topological polar surface area (TPSA) is 87.7 Å². The molecular weight excluding hydrogens is 292 g/mol. The predicted octanol–water partition coefficient (Wildman–Crippen LogP) is 1.10.